The number of carbonyl (C=O) groups is 2. The number of aryl methyl sites for hydroxylation is 1. The van der Waals surface area contributed by atoms with Crippen molar-refractivity contribution in [1.29, 1.82) is 0 Å². The molecule has 0 aliphatic heterocycles. The van der Waals surface area contributed by atoms with Crippen molar-refractivity contribution >= 4 is 28.8 Å². The Morgan fingerprint density at radius 2 is 1.85 bits per heavy atom. The number of amides is 2. The minimum atomic E-state index is -0.163. The summed E-state index contributed by atoms with van der Waals surface area (Å²) in [5, 5.41) is 7.86. The minimum absolute atomic E-state index is 0.0341. The van der Waals surface area contributed by atoms with Gasteiger partial charge in [-0.15, -0.1) is 11.3 Å². The molecule has 0 saturated heterocycles. The fraction of sp³-hybridized carbons (Fsp3) is 0.182. The topological polar surface area (TPSA) is 58.2 Å². The van der Waals surface area contributed by atoms with Gasteiger partial charge in [0, 0.05) is 11.3 Å². The van der Waals surface area contributed by atoms with Crippen LogP contribution in [0.15, 0.2) is 66.0 Å². The Labute approximate surface area is 162 Å². The number of hydrogen-bond donors (Lipinski definition) is 2. The van der Waals surface area contributed by atoms with Crippen LogP contribution in [0.2, 0.25) is 0 Å². The summed E-state index contributed by atoms with van der Waals surface area (Å²) in [6, 6.07) is 19.0. The lowest BCUT2D eigenvalue weighted by atomic mass is 9.87. The van der Waals surface area contributed by atoms with Crippen LogP contribution in [-0.2, 0) is 6.42 Å². The second-order valence-corrected chi connectivity index (χ2v) is 7.58. The van der Waals surface area contributed by atoms with E-state index < -0.39 is 0 Å². The lowest BCUT2D eigenvalue weighted by molar-refractivity contribution is 0.0931. The lowest BCUT2D eigenvalue weighted by Crippen LogP contribution is -2.31. The van der Waals surface area contributed by atoms with E-state index in [-0.39, 0.29) is 17.9 Å². The van der Waals surface area contributed by atoms with Gasteiger partial charge in [-0.25, -0.2) is 0 Å². The zero-order valence-corrected chi connectivity index (χ0v) is 15.6. The van der Waals surface area contributed by atoms with Crippen LogP contribution in [-0.4, -0.2) is 11.8 Å². The van der Waals surface area contributed by atoms with Gasteiger partial charge in [-0.05, 0) is 60.0 Å². The predicted molar refractivity (Wildman–Crippen MR) is 108 cm³/mol. The average molecular weight is 376 g/mol. The highest BCUT2D eigenvalue weighted by Gasteiger charge is 2.22. The Balaban J connectivity index is 1.48. The van der Waals surface area contributed by atoms with E-state index in [1.165, 1.54) is 22.5 Å². The quantitative estimate of drug-likeness (QED) is 0.687. The van der Waals surface area contributed by atoms with Gasteiger partial charge in [0.25, 0.3) is 11.8 Å². The molecule has 4 nitrogen and oxygen atoms in total. The van der Waals surface area contributed by atoms with Crippen LogP contribution in [0.3, 0.4) is 0 Å². The van der Waals surface area contributed by atoms with Crippen molar-refractivity contribution in [3.8, 4) is 0 Å². The first kappa shape index (κ1) is 17.5. The predicted octanol–water partition coefficient (Wildman–Crippen LogP) is 4.81. The van der Waals surface area contributed by atoms with Gasteiger partial charge in [-0.3, -0.25) is 9.59 Å². The third-order valence-electron chi connectivity index (χ3n) is 4.80. The summed E-state index contributed by atoms with van der Waals surface area (Å²) < 4.78 is 0. The van der Waals surface area contributed by atoms with Gasteiger partial charge in [-0.2, -0.15) is 0 Å². The number of nitrogens with one attached hydrogen (secondary N) is 2. The first-order valence-corrected chi connectivity index (χ1v) is 9.92. The molecule has 1 aliphatic carbocycles. The molecule has 136 valence electrons. The number of fused-ring (bicyclic) bond motifs is 1. The van der Waals surface area contributed by atoms with E-state index in [1.807, 2.05) is 23.6 Å². The van der Waals surface area contributed by atoms with Crippen LogP contribution in [0.5, 0.6) is 0 Å². The van der Waals surface area contributed by atoms with Crippen molar-refractivity contribution < 1.29 is 9.59 Å². The molecule has 0 spiro atoms. The summed E-state index contributed by atoms with van der Waals surface area (Å²) in [4.78, 5) is 25.6. The molecule has 0 fully saturated rings. The molecule has 0 saturated carbocycles. The molecule has 27 heavy (non-hydrogen) atoms. The first-order valence-electron chi connectivity index (χ1n) is 9.04. The number of carbonyl (C=O) groups excluding carboxylic acids is 2. The molecule has 1 aliphatic rings. The van der Waals surface area contributed by atoms with Crippen molar-refractivity contribution in [2.24, 2.45) is 0 Å². The van der Waals surface area contributed by atoms with E-state index in [9.17, 15) is 9.59 Å². The van der Waals surface area contributed by atoms with Crippen LogP contribution in [0.1, 0.15) is 50.0 Å². The van der Waals surface area contributed by atoms with Gasteiger partial charge in [0.1, 0.15) is 0 Å². The maximum atomic E-state index is 12.8. The van der Waals surface area contributed by atoms with E-state index in [2.05, 4.69) is 22.8 Å². The fourth-order valence-corrected chi connectivity index (χ4v) is 4.10. The summed E-state index contributed by atoms with van der Waals surface area (Å²) in [7, 11) is 0. The molecule has 2 aromatic carbocycles. The second kappa shape index (κ2) is 7.76. The Kier molecular flexibility index (Phi) is 5.03. The molecule has 0 radical (unpaired) electrons. The maximum absolute atomic E-state index is 12.8. The van der Waals surface area contributed by atoms with Gasteiger partial charge in [0.2, 0.25) is 0 Å². The Hall–Kier alpha value is -2.92. The van der Waals surface area contributed by atoms with Crippen LogP contribution in [0.4, 0.5) is 5.69 Å². The standard InChI is InChI=1S/C22H20N2O2S/c25-21(24-19-11-4-7-15-6-1-2-10-18(15)19)16-8-3-9-17(14-16)23-22(26)20-12-5-13-27-20/h1-3,5-6,8-10,12-14,19H,4,7,11H2,(H,23,26)(H,24,25)/t19-/m1/s1. The third kappa shape index (κ3) is 3.93. The molecule has 1 heterocycles. The Bertz CT molecular complexity index is 966. The van der Waals surface area contributed by atoms with Gasteiger partial charge in [0.05, 0.1) is 10.9 Å². The molecule has 2 N–H and O–H groups in total. The summed E-state index contributed by atoms with van der Waals surface area (Å²) in [6.45, 7) is 0. The van der Waals surface area contributed by atoms with Crippen molar-refractivity contribution in [2.45, 2.75) is 25.3 Å². The molecule has 0 bridgehead atoms. The highest BCUT2D eigenvalue weighted by molar-refractivity contribution is 7.12. The summed E-state index contributed by atoms with van der Waals surface area (Å²) in [5.41, 5.74) is 3.68. The number of anilines is 1. The number of rotatable bonds is 4. The van der Waals surface area contributed by atoms with Gasteiger partial charge in [-0.1, -0.05) is 36.4 Å². The van der Waals surface area contributed by atoms with Gasteiger partial charge in [0.15, 0.2) is 0 Å². The highest BCUT2D eigenvalue weighted by Crippen LogP contribution is 2.29. The molecular weight excluding hydrogens is 356 g/mol. The SMILES string of the molecule is O=C(N[C@@H]1CCCc2ccccc21)c1cccc(NC(=O)c2cccs2)c1. The molecule has 1 atom stereocenters. The van der Waals surface area contributed by atoms with Gasteiger partial charge < -0.3 is 10.6 Å². The van der Waals surface area contributed by atoms with E-state index in [0.29, 0.717) is 16.1 Å². The molecule has 0 unspecified atom stereocenters. The molecular formula is C22H20N2O2S. The first-order chi connectivity index (χ1) is 13.2. The summed E-state index contributed by atoms with van der Waals surface area (Å²) in [6.07, 6.45) is 3.07. The molecule has 4 rings (SSSR count). The van der Waals surface area contributed by atoms with E-state index >= 15 is 0 Å². The van der Waals surface area contributed by atoms with E-state index in [0.717, 1.165) is 19.3 Å². The molecule has 3 aromatic rings. The number of benzene rings is 2. The average Bonchev–Trinajstić information content (AvgIpc) is 3.23. The fourth-order valence-electron chi connectivity index (χ4n) is 3.48. The largest absolute Gasteiger partial charge is 0.345 e. The normalized spacial score (nSPS) is 15.6. The van der Waals surface area contributed by atoms with Crippen LogP contribution >= 0.6 is 11.3 Å². The molecule has 1 aromatic heterocycles. The second-order valence-electron chi connectivity index (χ2n) is 6.63. The Morgan fingerprint density at radius 3 is 2.70 bits per heavy atom. The number of thiophene rings is 1. The summed E-state index contributed by atoms with van der Waals surface area (Å²) in [5.74, 6) is -0.285. The van der Waals surface area contributed by atoms with E-state index in [4.69, 9.17) is 0 Å². The number of hydrogen-bond acceptors (Lipinski definition) is 3. The maximum Gasteiger partial charge on any atom is 0.265 e. The van der Waals surface area contributed by atoms with Crippen LogP contribution in [0, 0.1) is 0 Å². The van der Waals surface area contributed by atoms with Crippen molar-refractivity contribution in [3.05, 3.63) is 87.6 Å². The zero-order valence-electron chi connectivity index (χ0n) is 14.8. The smallest absolute Gasteiger partial charge is 0.265 e. The molecule has 2 amide bonds. The Morgan fingerprint density at radius 1 is 0.963 bits per heavy atom. The monoisotopic (exact) mass is 376 g/mol. The van der Waals surface area contributed by atoms with Crippen LogP contribution in [0.25, 0.3) is 0 Å². The van der Waals surface area contributed by atoms with Crippen molar-refractivity contribution in [1.82, 2.24) is 5.32 Å². The van der Waals surface area contributed by atoms with Crippen molar-refractivity contribution in [3.63, 3.8) is 0 Å². The third-order valence-corrected chi connectivity index (χ3v) is 5.67. The zero-order chi connectivity index (χ0) is 18.6. The van der Waals surface area contributed by atoms with Crippen molar-refractivity contribution in [2.75, 3.05) is 5.32 Å². The summed E-state index contributed by atoms with van der Waals surface area (Å²) >= 11 is 1.39. The van der Waals surface area contributed by atoms with E-state index in [1.54, 1.807) is 30.3 Å². The highest BCUT2D eigenvalue weighted by atomic mass is 32.1. The minimum Gasteiger partial charge on any atom is -0.345 e. The lowest BCUT2D eigenvalue weighted by Gasteiger charge is -2.26. The molecule has 5 heteroatoms. The van der Waals surface area contributed by atoms with Gasteiger partial charge >= 0.3 is 0 Å². The van der Waals surface area contributed by atoms with Crippen LogP contribution < -0.4 is 10.6 Å².